The molecule has 1 aliphatic carbocycles. The first-order valence-corrected chi connectivity index (χ1v) is 5.30. The van der Waals surface area contributed by atoms with E-state index in [0.29, 0.717) is 0 Å². The summed E-state index contributed by atoms with van der Waals surface area (Å²) in [4.78, 5) is 11.3. The summed E-state index contributed by atoms with van der Waals surface area (Å²) >= 11 is 0. The molecule has 84 valence electrons. The third kappa shape index (κ3) is 2.59. The van der Waals surface area contributed by atoms with Crippen LogP contribution in [0.1, 0.15) is 25.3 Å². The lowest BCUT2D eigenvalue weighted by molar-refractivity contribution is -0.122. The Labute approximate surface area is 94.0 Å². The van der Waals surface area contributed by atoms with E-state index in [1.165, 1.54) is 0 Å². The minimum Gasteiger partial charge on any atom is -0.508 e. The van der Waals surface area contributed by atoms with Crippen molar-refractivity contribution >= 4 is 11.6 Å². The predicted molar refractivity (Wildman–Crippen MR) is 61.2 cm³/mol. The Morgan fingerprint density at radius 1 is 1.38 bits per heavy atom. The smallest absolute Gasteiger partial charge is 0.243 e. The number of nitrogens with zero attached hydrogens (tertiary/aromatic N) is 1. The third-order valence-corrected chi connectivity index (χ3v) is 2.57. The molecule has 0 radical (unpaired) electrons. The lowest BCUT2D eigenvalue weighted by Crippen LogP contribution is -2.20. The number of nitrogens with one attached hydrogen (secondary N) is 1. The summed E-state index contributed by atoms with van der Waals surface area (Å²) in [6.45, 7) is 1.82. The van der Waals surface area contributed by atoms with Crippen LogP contribution in [0.5, 0.6) is 5.75 Å². The van der Waals surface area contributed by atoms with Gasteiger partial charge in [-0.05, 0) is 49.6 Å². The second-order valence-electron chi connectivity index (χ2n) is 3.99. The van der Waals surface area contributed by atoms with Crippen LogP contribution >= 0.6 is 0 Å². The molecule has 4 nitrogen and oxygen atoms in total. The quantitative estimate of drug-likeness (QED) is 0.598. The molecule has 2 rings (SSSR count). The van der Waals surface area contributed by atoms with Crippen LogP contribution in [0.4, 0.5) is 0 Å². The number of phenolic OH excluding ortho intramolecular Hbond substituents is 1. The van der Waals surface area contributed by atoms with E-state index in [1.54, 1.807) is 24.3 Å². The van der Waals surface area contributed by atoms with Crippen LogP contribution in [0.15, 0.2) is 29.4 Å². The van der Waals surface area contributed by atoms with Gasteiger partial charge in [0.2, 0.25) is 5.91 Å². The Bertz CT molecular complexity index is 419. The van der Waals surface area contributed by atoms with Crippen molar-refractivity contribution in [3.8, 4) is 5.75 Å². The highest BCUT2D eigenvalue weighted by Gasteiger charge is 2.29. The minimum absolute atomic E-state index is 0.00173. The molecule has 2 N–H and O–H groups in total. The molecule has 0 aliphatic heterocycles. The highest BCUT2D eigenvalue weighted by Crippen LogP contribution is 2.28. The van der Waals surface area contributed by atoms with Crippen LogP contribution in [0.2, 0.25) is 0 Å². The molecular weight excluding hydrogens is 204 g/mol. The average molecular weight is 218 g/mol. The number of rotatable bonds is 3. The van der Waals surface area contributed by atoms with Crippen LogP contribution in [0.3, 0.4) is 0 Å². The van der Waals surface area contributed by atoms with Crippen molar-refractivity contribution in [2.45, 2.75) is 19.8 Å². The van der Waals surface area contributed by atoms with Crippen molar-refractivity contribution in [3.05, 3.63) is 29.8 Å². The second kappa shape index (κ2) is 4.35. The summed E-state index contributed by atoms with van der Waals surface area (Å²) < 4.78 is 0. The topological polar surface area (TPSA) is 61.7 Å². The second-order valence-corrected chi connectivity index (χ2v) is 3.99. The Balaban J connectivity index is 2.00. The third-order valence-electron chi connectivity index (χ3n) is 2.57. The monoisotopic (exact) mass is 218 g/mol. The number of carbonyl (C=O) groups excluding carboxylic acids is 1. The van der Waals surface area contributed by atoms with Gasteiger partial charge in [0.25, 0.3) is 0 Å². The molecular formula is C12H14N2O2. The zero-order valence-corrected chi connectivity index (χ0v) is 9.10. The summed E-state index contributed by atoms with van der Waals surface area (Å²) in [5.74, 6) is 0.382. The summed E-state index contributed by atoms with van der Waals surface area (Å²) in [5, 5.41) is 13.1. The first-order chi connectivity index (χ1) is 7.66. The van der Waals surface area contributed by atoms with Gasteiger partial charge in [-0.15, -0.1) is 0 Å². The Kier molecular flexibility index (Phi) is 2.90. The fourth-order valence-corrected chi connectivity index (χ4v) is 1.34. The standard InChI is InChI=1S/C12H14N2O2/c1-8(9-4-6-11(15)7-5-9)13-14-12(16)10-2-3-10/h4-7,10,15H,2-3H2,1H3,(H,14,16). The number of amides is 1. The first kappa shape index (κ1) is 10.7. The van der Waals surface area contributed by atoms with Crippen molar-refractivity contribution in [1.82, 2.24) is 5.43 Å². The van der Waals surface area contributed by atoms with E-state index in [1.807, 2.05) is 6.92 Å². The average Bonchev–Trinajstić information content (AvgIpc) is 3.10. The molecule has 1 aromatic rings. The van der Waals surface area contributed by atoms with E-state index in [2.05, 4.69) is 10.5 Å². The largest absolute Gasteiger partial charge is 0.508 e. The Morgan fingerprint density at radius 2 is 2.00 bits per heavy atom. The molecule has 1 aromatic carbocycles. The number of hydrazone groups is 1. The van der Waals surface area contributed by atoms with Crippen LogP contribution in [0.25, 0.3) is 0 Å². The van der Waals surface area contributed by atoms with E-state index in [-0.39, 0.29) is 17.6 Å². The fourth-order valence-electron chi connectivity index (χ4n) is 1.34. The van der Waals surface area contributed by atoms with Gasteiger partial charge >= 0.3 is 0 Å². The van der Waals surface area contributed by atoms with Gasteiger partial charge < -0.3 is 5.11 Å². The van der Waals surface area contributed by atoms with Gasteiger partial charge in [-0.3, -0.25) is 4.79 Å². The maximum Gasteiger partial charge on any atom is 0.243 e. The number of benzene rings is 1. The SMILES string of the molecule is CC(=NNC(=O)C1CC1)c1ccc(O)cc1. The molecule has 1 amide bonds. The van der Waals surface area contributed by atoms with Crippen molar-refractivity contribution < 1.29 is 9.90 Å². The van der Waals surface area contributed by atoms with E-state index in [0.717, 1.165) is 24.1 Å². The number of phenols is 1. The van der Waals surface area contributed by atoms with Gasteiger partial charge in [0.15, 0.2) is 0 Å². The van der Waals surface area contributed by atoms with Crippen molar-refractivity contribution in [3.63, 3.8) is 0 Å². The predicted octanol–water partition coefficient (Wildman–Crippen LogP) is 1.64. The molecule has 1 aliphatic rings. The highest BCUT2D eigenvalue weighted by atomic mass is 16.3. The van der Waals surface area contributed by atoms with Crippen LogP contribution < -0.4 is 5.43 Å². The Hall–Kier alpha value is -1.84. The van der Waals surface area contributed by atoms with Gasteiger partial charge in [-0.1, -0.05) is 0 Å². The van der Waals surface area contributed by atoms with Gasteiger partial charge in [-0.2, -0.15) is 5.10 Å². The zero-order chi connectivity index (χ0) is 11.5. The van der Waals surface area contributed by atoms with E-state index in [4.69, 9.17) is 5.11 Å². The van der Waals surface area contributed by atoms with E-state index < -0.39 is 0 Å². The van der Waals surface area contributed by atoms with Gasteiger partial charge in [0.1, 0.15) is 5.75 Å². The highest BCUT2D eigenvalue weighted by molar-refractivity contribution is 5.99. The molecule has 1 fully saturated rings. The first-order valence-electron chi connectivity index (χ1n) is 5.30. The molecule has 16 heavy (non-hydrogen) atoms. The Morgan fingerprint density at radius 3 is 2.56 bits per heavy atom. The summed E-state index contributed by atoms with van der Waals surface area (Å²) in [7, 11) is 0. The van der Waals surface area contributed by atoms with Gasteiger partial charge in [-0.25, -0.2) is 5.43 Å². The van der Waals surface area contributed by atoms with E-state index >= 15 is 0 Å². The summed E-state index contributed by atoms with van der Waals surface area (Å²) in [6.07, 6.45) is 1.94. The van der Waals surface area contributed by atoms with Gasteiger partial charge in [0.05, 0.1) is 5.71 Å². The fraction of sp³-hybridized carbons (Fsp3) is 0.333. The van der Waals surface area contributed by atoms with Crippen molar-refractivity contribution in [2.24, 2.45) is 11.0 Å². The molecule has 0 heterocycles. The van der Waals surface area contributed by atoms with Crippen LogP contribution in [-0.4, -0.2) is 16.7 Å². The molecule has 0 saturated heterocycles. The maximum atomic E-state index is 11.3. The number of carbonyl (C=O) groups is 1. The molecule has 0 bridgehead atoms. The summed E-state index contributed by atoms with van der Waals surface area (Å²) in [5.41, 5.74) is 4.16. The maximum absolute atomic E-state index is 11.3. The molecule has 0 spiro atoms. The molecule has 1 saturated carbocycles. The van der Waals surface area contributed by atoms with Crippen LogP contribution in [0, 0.1) is 5.92 Å². The van der Waals surface area contributed by atoms with Crippen LogP contribution in [-0.2, 0) is 4.79 Å². The normalized spacial score (nSPS) is 15.9. The number of hydrogen-bond donors (Lipinski definition) is 2. The van der Waals surface area contributed by atoms with Crippen molar-refractivity contribution in [1.29, 1.82) is 0 Å². The molecule has 4 heteroatoms. The lowest BCUT2D eigenvalue weighted by Gasteiger charge is -2.02. The minimum atomic E-state index is -0.00173. The zero-order valence-electron chi connectivity index (χ0n) is 9.10. The number of aromatic hydroxyl groups is 1. The lowest BCUT2D eigenvalue weighted by atomic mass is 10.1. The van der Waals surface area contributed by atoms with E-state index in [9.17, 15) is 4.79 Å². The van der Waals surface area contributed by atoms with Crippen molar-refractivity contribution in [2.75, 3.05) is 0 Å². The molecule has 0 aromatic heterocycles. The molecule has 0 atom stereocenters. The van der Waals surface area contributed by atoms with Gasteiger partial charge in [0, 0.05) is 5.92 Å². The summed E-state index contributed by atoms with van der Waals surface area (Å²) in [6, 6.07) is 6.71. The number of hydrogen-bond acceptors (Lipinski definition) is 3. The molecule has 0 unspecified atom stereocenters.